The molecule has 2 aromatic heterocycles. The molecule has 0 unspecified atom stereocenters. The molecular formula is C18H17N3O2. The molecule has 3 rings (SSSR count). The Hall–Kier alpha value is -2.95. The smallest absolute Gasteiger partial charge is 0.253 e. The standard InChI is InChI=1S/C18H17N3O2/c1-12-15(9-14-10-19-8-7-16(14)21-12)18(22)20-11-13-5-3-4-6-17(13)23-2/h3-10H,11H2,1-2H3,(H,20,22). The molecular weight excluding hydrogens is 290 g/mol. The number of hydrogen-bond donors (Lipinski definition) is 1. The van der Waals surface area contributed by atoms with Gasteiger partial charge in [-0.05, 0) is 25.1 Å². The van der Waals surface area contributed by atoms with Crippen molar-refractivity contribution < 1.29 is 9.53 Å². The number of amides is 1. The molecule has 5 nitrogen and oxygen atoms in total. The number of ether oxygens (including phenoxy) is 1. The Morgan fingerprint density at radius 3 is 2.91 bits per heavy atom. The molecule has 1 amide bonds. The Labute approximate surface area is 134 Å². The van der Waals surface area contributed by atoms with Gasteiger partial charge in [-0.1, -0.05) is 18.2 Å². The second-order valence-electron chi connectivity index (χ2n) is 5.18. The number of methoxy groups -OCH3 is 1. The van der Waals surface area contributed by atoms with E-state index in [1.54, 1.807) is 19.5 Å². The van der Waals surface area contributed by atoms with Gasteiger partial charge < -0.3 is 10.1 Å². The van der Waals surface area contributed by atoms with Crippen LogP contribution in [0.5, 0.6) is 5.75 Å². The maximum atomic E-state index is 12.5. The zero-order valence-electron chi connectivity index (χ0n) is 13.0. The fourth-order valence-corrected chi connectivity index (χ4v) is 2.46. The first-order valence-corrected chi connectivity index (χ1v) is 7.30. The molecule has 0 radical (unpaired) electrons. The number of fused-ring (bicyclic) bond motifs is 1. The summed E-state index contributed by atoms with van der Waals surface area (Å²) in [5, 5.41) is 3.76. The quantitative estimate of drug-likeness (QED) is 0.805. The highest BCUT2D eigenvalue weighted by molar-refractivity contribution is 5.98. The number of hydrogen-bond acceptors (Lipinski definition) is 4. The van der Waals surface area contributed by atoms with Crippen LogP contribution >= 0.6 is 0 Å². The van der Waals surface area contributed by atoms with Crippen molar-refractivity contribution in [2.75, 3.05) is 7.11 Å². The van der Waals surface area contributed by atoms with Gasteiger partial charge in [-0.3, -0.25) is 14.8 Å². The maximum absolute atomic E-state index is 12.5. The molecule has 0 bridgehead atoms. The number of benzene rings is 1. The van der Waals surface area contributed by atoms with Gasteiger partial charge in [0.2, 0.25) is 0 Å². The van der Waals surface area contributed by atoms with Crippen LogP contribution in [-0.2, 0) is 6.54 Å². The van der Waals surface area contributed by atoms with Gasteiger partial charge in [-0.25, -0.2) is 0 Å². The van der Waals surface area contributed by atoms with Gasteiger partial charge in [0.15, 0.2) is 0 Å². The van der Waals surface area contributed by atoms with Crippen molar-refractivity contribution in [2.24, 2.45) is 0 Å². The highest BCUT2D eigenvalue weighted by Gasteiger charge is 2.12. The summed E-state index contributed by atoms with van der Waals surface area (Å²) < 4.78 is 5.29. The molecule has 3 aromatic rings. The van der Waals surface area contributed by atoms with Crippen LogP contribution in [0, 0.1) is 6.92 Å². The van der Waals surface area contributed by atoms with Crippen LogP contribution in [0.2, 0.25) is 0 Å². The molecule has 1 aromatic carbocycles. The fraction of sp³-hybridized carbons (Fsp3) is 0.167. The third kappa shape index (κ3) is 3.13. The Morgan fingerprint density at radius 2 is 2.09 bits per heavy atom. The van der Waals surface area contributed by atoms with Crippen molar-refractivity contribution >= 4 is 16.8 Å². The van der Waals surface area contributed by atoms with Gasteiger partial charge in [-0.15, -0.1) is 0 Å². The molecule has 0 aliphatic carbocycles. The minimum absolute atomic E-state index is 0.161. The van der Waals surface area contributed by atoms with Crippen LogP contribution in [0.15, 0.2) is 48.8 Å². The van der Waals surface area contributed by atoms with Crippen LogP contribution < -0.4 is 10.1 Å². The second-order valence-corrected chi connectivity index (χ2v) is 5.18. The first-order valence-electron chi connectivity index (χ1n) is 7.30. The van der Waals surface area contributed by atoms with E-state index in [1.807, 2.05) is 43.3 Å². The lowest BCUT2D eigenvalue weighted by molar-refractivity contribution is 0.0950. The van der Waals surface area contributed by atoms with Gasteiger partial charge in [0.1, 0.15) is 5.75 Å². The average molecular weight is 307 g/mol. The summed E-state index contributed by atoms with van der Waals surface area (Å²) in [5.74, 6) is 0.594. The minimum atomic E-state index is -0.161. The summed E-state index contributed by atoms with van der Waals surface area (Å²) in [7, 11) is 1.62. The molecule has 0 fully saturated rings. The van der Waals surface area contributed by atoms with Crippen molar-refractivity contribution in [3.8, 4) is 5.75 Å². The lowest BCUT2D eigenvalue weighted by Crippen LogP contribution is -2.24. The van der Waals surface area contributed by atoms with E-state index in [0.29, 0.717) is 17.8 Å². The SMILES string of the molecule is COc1ccccc1CNC(=O)c1cc2cnccc2nc1C. The maximum Gasteiger partial charge on any atom is 0.253 e. The first kappa shape index (κ1) is 15.0. The monoisotopic (exact) mass is 307 g/mol. The minimum Gasteiger partial charge on any atom is -0.496 e. The van der Waals surface area contributed by atoms with Crippen LogP contribution in [0.4, 0.5) is 0 Å². The first-order chi connectivity index (χ1) is 11.2. The van der Waals surface area contributed by atoms with E-state index >= 15 is 0 Å². The highest BCUT2D eigenvalue weighted by atomic mass is 16.5. The second kappa shape index (κ2) is 6.44. The molecule has 2 heterocycles. The van der Waals surface area contributed by atoms with Crippen molar-refractivity contribution in [1.82, 2.24) is 15.3 Å². The lowest BCUT2D eigenvalue weighted by Gasteiger charge is -2.11. The number of nitrogens with zero attached hydrogens (tertiary/aromatic N) is 2. The topological polar surface area (TPSA) is 64.1 Å². The predicted molar refractivity (Wildman–Crippen MR) is 88.4 cm³/mol. The highest BCUT2D eigenvalue weighted by Crippen LogP contribution is 2.18. The Bertz CT molecular complexity index is 862. The molecule has 0 spiro atoms. The van der Waals surface area contributed by atoms with E-state index in [-0.39, 0.29) is 5.91 Å². The van der Waals surface area contributed by atoms with Gasteiger partial charge in [-0.2, -0.15) is 0 Å². The zero-order valence-corrected chi connectivity index (χ0v) is 13.0. The molecule has 0 saturated carbocycles. The van der Waals surface area contributed by atoms with E-state index in [2.05, 4.69) is 15.3 Å². The van der Waals surface area contributed by atoms with Gasteiger partial charge in [0.05, 0.1) is 23.9 Å². The number of pyridine rings is 2. The van der Waals surface area contributed by atoms with E-state index < -0.39 is 0 Å². The van der Waals surface area contributed by atoms with Crippen molar-refractivity contribution in [2.45, 2.75) is 13.5 Å². The van der Waals surface area contributed by atoms with E-state index in [0.717, 1.165) is 22.2 Å². The van der Waals surface area contributed by atoms with Crippen LogP contribution in [-0.4, -0.2) is 23.0 Å². The number of para-hydroxylation sites is 1. The Morgan fingerprint density at radius 1 is 1.26 bits per heavy atom. The van der Waals surface area contributed by atoms with Crippen molar-refractivity contribution in [1.29, 1.82) is 0 Å². The third-order valence-electron chi connectivity index (χ3n) is 3.68. The summed E-state index contributed by atoms with van der Waals surface area (Å²) in [4.78, 5) is 21.0. The van der Waals surface area contributed by atoms with Gasteiger partial charge in [0, 0.05) is 29.9 Å². The van der Waals surface area contributed by atoms with E-state index in [9.17, 15) is 4.79 Å². The number of carbonyl (C=O) groups excluding carboxylic acids is 1. The zero-order chi connectivity index (χ0) is 16.2. The van der Waals surface area contributed by atoms with Gasteiger partial charge >= 0.3 is 0 Å². The number of aryl methyl sites for hydroxylation is 1. The summed E-state index contributed by atoms with van der Waals surface area (Å²) in [6, 6.07) is 11.3. The van der Waals surface area contributed by atoms with Crippen molar-refractivity contribution in [3.63, 3.8) is 0 Å². The van der Waals surface area contributed by atoms with E-state index in [1.165, 1.54) is 0 Å². The molecule has 0 aliphatic rings. The molecule has 1 N–H and O–H groups in total. The Balaban J connectivity index is 1.82. The summed E-state index contributed by atoms with van der Waals surface area (Å²) in [5.41, 5.74) is 3.01. The predicted octanol–water partition coefficient (Wildman–Crippen LogP) is 2.88. The normalized spacial score (nSPS) is 10.5. The summed E-state index contributed by atoms with van der Waals surface area (Å²) in [6.45, 7) is 2.23. The van der Waals surface area contributed by atoms with Crippen molar-refractivity contribution in [3.05, 3.63) is 65.6 Å². The average Bonchev–Trinajstić information content (AvgIpc) is 2.59. The number of carbonyl (C=O) groups is 1. The van der Waals surface area contributed by atoms with Crippen LogP contribution in [0.3, 0.4) is 0 Å². The molecule has 0 atom stereocenters. The molecule has 0 aliphatic heterocycles. The van der Waals surface area contributed by atoms with Crippen LogP contribution in [0.1, 0.15) is 21.6 Å². The fourth-order valence-electron chi connectivity index (χ4n) is 2.46. The number of rotatable bonds is 4. The molecule has 5 heteroatoms. The van der Waals surface area contributed by atoms with Gasteiger partial charge in [0.25, 0.3) is 5.91 Å². The number of nitrogens with one attached hydrogen (secondary N) is 1. The number of aromatic nitrogens is 2. The lowest BCUT2D eigenvalue weighted by atomic mass is 10.1. The molecule has 23 heavy (non-hydrogen) atoms. The summed E-state index contributed by atoms with van der Waals surface area (Å²) >= 11 is 0. The Kier molecular flexibility index (Phi) is 4.19. The third-order valence-corrected chi connectivity index (χ3v) is 3.68. The molecule has 0 saturated heterocycles. The van der Waals surface area contributed by atoms with E-state index in [4.69, 9.17) is 4.74 Å². The largest absolute Gasteiger partial charge is 0.496 e. The summed E-state index contributed by atoms with van der Waals surface area (Å²) in [6.07, 6.45) is 3.40. The molecule has 116 valence electrons. The van der Waals surface area contributed by atoms with Crippen LogP contribution in [0.25, 0.3) is 10.9 Å².